The van der Waals surface area contributed by atoms with Crippen LogP contribution in [0.3, 0.4) is 0 Å². The van der Waals surface area contributed by atoms with Crippen LogP contribution in [0, 0.1) is 17.8 Å². The molecule has 1 aliphatic carbocycles. The molecular formula is C34H47NO9. The molecule has 2 N–H and O–H groups in total. The zero-order valence-corrected chi connectivity index (χ0v) is 26.5. The molecule has 10 nitrogen and oxygen atoms in total. The first-order valence-corrected chi connectivity index (χ1v) is 16.0. The zero-order chi connectivity index (χ0) is 31.6. The van der Waals surface area contributed by atoms with Crippen molar-refractivity contribution in [2.24, 2.45) is 22.9 Å². The number of oxime groups is 1. The van der Waals surface area contributed by atoms with Crippen LogP contribution in [0.15, 0.2) is 52.3 Å². The van der Waals surface area contributed by atoms with Gasteiger partial charge in [0.05, 0.1) is 18.8 Å². The lowest BCUT2D eigenvalue weighted by atomic mass is 9.71. The number of allylic oxidation sites excluding steroid dienone is 4. The summed E-state index contributed by atoms with van der Waals surface area (Å²) in [5.41, 5.74) is 0.757. The average molecular weight is 614 g/mol. The van der Waals surface area contributed by atoms with Crippen molar-refractivity contribution in [2.45, 2.75) is 115 Å². The summed E-state index contributed by atoms with van der Waals surface area (Å²) in [5, 5.41) is 25.4. The van der Waals surface area contributed by atoms with E-state index in [4.69, 9.17) is 28.9 Å². The number of ether oxygens (including phenoxy) is 4. The van der Waals surface area contributed by atoms with Crippen LogP contribution in [-0.2, 0) is 33.4 Å². The number of esters is 1. The summed E-state index contributed by atoms with van der Waals surface area (Å²) in [4.78, 5) is 30.2. The van der Waals surface area contributed by atoms with Gasteiger partial charge in [-0.2, -0.15) is 0 Å². The second kappa shape index (κ2) is 13.3. The zero-order valence-electron chi connectivity index (χ0n) is 26.5. The summed E-state index contributed by atoms with van der Waals surface area (Å²) >= 11 is 0. The lowest BCUT2D eigenvalue weighted by Gasteiger charge is -2.49. The number of rotatable bonds is 4. The van der Waals surface area contributed by atoms with Crippen LogP contribution < -0.4 is 0 Å². The molecule has 10 heteroatoms. The van der Waals surface area contributed by atoms with Gasteiger partial charge in [0, 0.05) is 19.3 Å². The number of aliphatic hydroxyl groups is 1. The highest BCUT2D eigenvalue weighted by Crippen LogP contribution is 2.46. The van der Waals surface area contributed by atoms with Gasteiger partial charge in [-0.15, -0.1) is 0 Å². The molecule has 0 aromatic rings. The van der Waals surface area contributed by atoms with E-state index < -0.39 is 48.1 Å². The van der Waals surface area contributed by atoms with Gasteiger partial charge in [0.15, 0.2) is 5.79 Å². The Bertz CT molecular complexity index is 1270. The fourth-order valence-electron chi connectivity index (χ4n) is 7.37. The van der Waals surface area contributed by atoms with Gasteiger partial charge in [-0.05, 0) is 62.5 Å². The van der Waals surface area contributed by atoms with Crippen molar-refractivity contribution in [3.63, 3.8) is 0 Å². The standard InChI is InChI=1S/C34H47NO9/c1-6-28-22(4)12-13-33(44-28)17-26-16-25(43-33)11-10-21(3)14-20(2)8-7-9-24-18-40-31-30(35-41-19-29(36)37)23(5)15-27(32(38)42-26)34(24,31)39/h7-10,15,20,22,25-28,31,39H,6,11-14,16-19H2,1-5H3,(H,36,37)/b8-7+,21-10+,24-9+,35-30-/t20-,22-,25+,26-,27?,28+,31+,33+,34+/m0/s1. The number of nitrogens with zero attached hydrogens (tertiary/aromatic N) is 1. The van der Waals surface area contributed by atoms with Gasteiger partial charge in [0.25, 0.3) is 0 Å². The van der Waals surface area contributed by atoms with Gasteiger partial charge in [0.2, 0.25) is 6.61 Å². The molecule has 5 rings (SSSR count). The average Bonchev–Trinajstić information content (AvgIpc) is 3.30. The van der Waals surface area contributed by atoms with Crippen LogP contribution in [0.4, 0.5) is 0 Å². The molecule has 1 unspecified atom stereocenters. The van der Waals surface area contributed by atoms with Crippen LogP contribution in [0.1, 0.15) is 79.6 Å². The Balaban J connectivity index is 1.52. The molecule has 3 saturated heterocycles. The second-order valence-electron chi connectivity index (χ2n) is 13.3. The number of carbonyl (C=O) groups excluding carboxylic acids is 1. The van der Waals surface area contributed by atoms with E-state index in [0.717, 1.165) is 25.7 Å². The summed E-state index contributed by atoms with van der Waals surface area (Å²) in [6.07, 6.45) is 13.1. The SMILES string of the molecule is CC[C@H]1O[C@]2(CC[C@@H]1C)C[C@@H]1C[C@@H](C/C=C(\C)C[C@@H](C)/C=C/C=C3\CO[C@@H]4/C(=N\OCC(=O)O)C(C)=CC(C(=O)O1)[C@]34O)O2. The summed E-state index contributed by atoms with van der Waals surface area (Å²) in [6, 6.07) is 0. The molecule has 0 aromatic heterocycles. The lowest BCUT2D eigenvalue weighted by Crippen LogP contribution is -2.57. The Morgan fingerprint density at radius 1 is 1.20 bits per heavy atom. The summed E-state index contributed by atoms with van der Waals surface area (Å²) in [5.74, 6) is -2.99. The molecule has 1 spiro atoms. The molecule has 0 aromatic carbocycles. The third kappa shape index (κ3) is 6.73. The number of fused-ring (bicyclic) bond motifs is 2. The largest absolute Gasteiger partial charge is 0.479 e. The van der Waals surface area contributed by atoms with Crippen LogP contribution in [-0.4, -0.2) is 76.9 Å². The normalized spacial score (nSPS) is 43.6. The topological polar surface area (TPSA) is 133 Å². The van der Waals surface area contributed by atoms with E-state index in [1.165, 1.54) is 5.57 Å². The Morgan fingerprint density at radius 2 is 2.00 bits per heavy atom. The third-order valence-electron chi connectivity index (χ3n) is 9.69. The number of carboxylic acid groups (broad SMARTS) is 1. The number of hydrogen-bond acceptors (Lipinski definition) is 9. The number of aliphatic carboxylic acids is 1. The van der Waals surface area contributed by atoms with Gasteiger partial charge in [0.1, 0.15) is 29.4 Å². The van der Waals surface area contributed by atoms with Gasteiger partial charge in [-0.1, -0.05) is 61.9 Å². The van der Waals surface area contributed by atoms with E-state index >= 15 is 0 Å². The van der Waals surface area contributed by atoms with Crippen molar-refractivity contribution in [1.29, 1.82) is 0 Å². The van der Waals surface area contributed by atoms with E-state index in [2.05, 4.69) is 45.0 Å². The summed E-state index contributed by atoms with van der Waals surface area (Å²) < 4.78 is 25.7. The number of hydrogen-bond donors (Lipinski definition) is 2. The molecule has 0 amide bonds. The molecule has 4 aliphatic heterocycles. The molecule has 44 heavy (non-hydrogen) atoms. The van der Waals surface area contributed by atoms with Crippen LogP contribution >= 0.6 is 0 Å². The van der Waals surface area contributed by atoms with Gasteiger partial charge in [-0.3, -0.25) is 4.79 Å². The Kier molecular flexibility index (Phi) is 9.84. The summed E-state index contributed by atoms with van der Waals surface area (Å²) in [7, 11) is 0. The molecule has 9 atom stereocenters. The van der Waals surface area contributed by atoms with Crippen molar-refractivity contribution in [2.75, 3.05) is 13.2 Å². The van der Waals surface area contributed by atoms with Crippen molar-refractivity contribution < 1.29 is 43.6 Å². The Hall–Kier alpha value is -2.79. The van der Waals surface area contributed by atoms with Crippen molar-refractivity contribution in [1.82, 2.24) is 0 Å². The molecule has 0 saturated carbocycles. The first-order valence-electron chi connectivity index (χ1n) is 16.0. The Labute approximate surface area is 259 Å². The quantitative estimate of drug-likeness (QED) is 0.255. The fraction of sp³-hybridized carbons (Fsp3) is 0.676. The number of carboxylic acids is 1. The predicted molar refractivity (Wildman–Crippen MR) is 163 cm³/mol. The van der Waals surface area contributed by atoms with Crippen molar-refractivity contribution in [3.05, 3.63) is 47.1 Å². The molecule has 2 bridgehead atoms. The highest BCUT2D eigenvalue weighted by atomic mass is 16.7. The van der Waals surface area contributed by atoms with Crippen molar-refractivity contribution >= 4 is 17.7 Å². The monoisotopic (exact) mass is 613 g/mol. The van der Waals surface area contributed by atoms with E-state index in [0.29, 0.717) is 36.3 Å². The van der Waals surface area contributed by atoms with E-state index in [1.807, 2.05) is 6.08 Å². The van der Waals surface area contributed by atoms with Gasteiger partial charge in [-0.25, -0.2) is 4.79 Å². The maximum Gasteiger partial charge on any atom is 0.344 e. The highest BCUT2D eigenvalue weighted by molar-refractivity contribution is 6.07. The van der Waals surface area contributed by atoms with E-state index in [1.54, 1.807) is 19.1 Å². The van der Waals surface area contributed by atoms with E-state index in [-0.39, 0.29) is 30.4 Å². The minimum atomic E-state index is -1.80. The second-order valence-corrected chi connectivity index (χ2v) is 13.3. The van der Waals surface area contributed by atoms with Crippen LogP contribution in [0.2, 0.25) is 0 Å². The molecule has 242 valence electrons. The maximum atomic E-state index is 14.1. The number of carbonyl (C=O) groups is 2. The molecular weight excluding hydrogens is 566 g/mol. The van der Waals surface area contributed by atoms with Gasteiger partial charge >= 0.3 is 11.9 Å². The maximum absolute atomic E-state index is 14.1. The molecule has 0 radical (unpaired) electrons. The minimum absolute atomic E-state index is 0.0640. The lowest BCUT2D eigenvalue weighted by molar-refractivity contribution is -0.335. The predicted octanol–water partition coefficient (Wildman–Crippen LogP) is 5.02. The molecule has 5 aliphatic rings. The van der Waals surface area contributed by atoms with Crippen LogP contribution in [0.25, 0.3) is 0 Å². The van der Waals surface area contributed by atoms with E-state index in [9.17, 15) is 14.7 Å². The van der Waals surface area contributed by atoms with Gasteiger partial charge < -0.3 is 34.0 Å². The first-order chi connectivity index (χ1) is 20.9. The summed E-state index contributed by atoms with van der Waals surface area (Å²) in [6.45, 7) is 9.75. The van der Waals surface area contributed by atoms with Crippen molar-refractivity contribution in [3.8, 4) is 0 Å². The molecule has 4 heterocycles. The van der Waals surface area contributed by atoms with Crippen LogP contribution in [0.5, 0.6) is 0 Å². The molecule has 3 fully saturated rings. The Morgan fingerprint density at radius 3 is 2.75 bits per heavy atom. The smallest absolute Gasteiger partial charge is 0.344 e. The minimum Gasteiger partial charge on any atom is -0.479 e. The first kappa shape index (κ1) is 32.6. The highest BCUT2D eigenvalue weighted by Gasteiger charge is 2.59. The fourth-order valence-corrected chi connectivity index (χ4v) is 7.37. The third-order valence-corrected chi connectivity index (χ3v) is 9.69.